The molecule has 0 bridgehead atoms. The average Bonchev–Trinajstić information content (AvgIpc) is 2.90. The number of hydrazine groups is 1. The molecule has 0 atom stereocenters. The Bertz CT molecular complexity index is 819. The molecule has 6 heteroatoms. The lowest BCUT2D eigenvalue weighted by Crippen LogP contribution is -2.54. The van der Waals surface area contributed by atoms with Crippen molar-refractivity contribution >= 4 is 11.7 Å². The first-order valence-corrected chi connectivity index (χ1v) is 8.13. The predicted octanol–water partition coefficient (Wildman–Crippen LogP) is 3.46. The first-order valence-electron chi connectivity index (χ1n) is 8.13. The van der Waals surface area contributed by atoms with Crippen LogP contribution >= 0.6 is 0 Å². The minimum absolute atomic E-state index is 0.0210. The van der Waals surface area contributed by atoms with Crippen LogP contribution in [0.15, 0.2) is 53.7 Å². The number of nitrogens with one attached hydrogen (secondary N) is 1. The van der Waals surface area contributed by atoms with Gasteiger partial charge in [-0.2, -0.15) is 0 Å². The summed E-state index contributed by atoms with van der Waals surface area (Å²) in [5.41, 5.74) is 3.43. The van der Waals surface area contributed by atoms with Gasteiger partial charge in [0.2, 0.25) is 5.72 Å². The zero-order valence-electron chi connectivity index (χ0n) is 14.4. The highest BCUT2D eigenvalue weighted by atomic mass is 19.1. The second-order valence-electron chi connectivity index (χ2n) is 6.26. The molecule has 1 aliphatic rings. The van der Waals surface area contributed by atoms with E-state index >= 15 is 0 Å². The van der Waals surface area contributed by atoms with Crippen molar-refractivity contribution in [3.8, 4) is 0 Å². The molecule has 0 saturated heterocycles. The number of halogens is 1. The van der Waals surface area contributed by atoms with Gasteiger partial charge in [-0.25, -0.2) is 9.40 Å². The Morgan fingerprint density at radius 2 is 1.96 bits per heavy atom. The van der Waals surface area contributed by atoms with E-state index in [0.717, 1.165) is 11.1 Å². The maximum Gasteiger partial charge on any atom is 0.272 e. The summed E-state index contributed by atoms with van der Waals surface area (Å²) in [7, 11) is 0. The van der Waals surface area contributed by atoms with Crippen LogP contribution in [0.25, 0.3) is 0 Å². The number of nitrogens with zero attached hydrogens (tertiary/aromatic N) is 2. The second-order valence-corrected chi connectivity index (χ2v) is 6.26. The van der Waals surface area contributed by atoms with E-state index in [1.807, 2.05) is 37.3 Å². The molecule has 1 N–H and O–H groups in total. The van der Waals surface area contributed by atoms with Crippen LogP contribution in [0.1, 0.15) is 42.3 Å². The molecule has 2 aromatic rings. The number of aryl methyl sites for hydroxylation is 1. The lowest BCUT2D eigenvalue weighted by Gasteiger charge is -2.31. The summed E-state index contributed by atoms with van der Waals surface area (Å²) in [6.07, 6.45) is 0.705. The van der Waals surface area contributed by atoms with Crippen LogP contribution in [-0.2, 0) is 11.3 Å². The van der Waals surface area contributed by atoms with Crippen molar-refractivity contribution in [1.82, 2.24) is 10.4 Å². The van der Waals surface area contributed by atoms with Gasteiger partial charge in [0, 0.05) is 5.56 Å². The fourth-order valence-electron chi connectivity index (χ4n) is 2.57. The van der Waals surface area contributed by atoms with E-state index < -0.39 is 17.4 Å². The number of benzene rings is 2. The van der Waals surface area contributed by atoms with Crippen molar-refractivity contribution in [3.05, 3.63) is 71.0 Å². The fraction of sp³-hybridized carbons (Fsp3) is 0.263. The van der Waals surface area contributed by atoms with E-state index in [0.29, 0.717) is 12.3 Å². The minimum Gasteiger partial charge on any atom is -0.364 e. The molecule has 0 fully saturated rings. The smallest absolute Gasteiger partial charge is 0.272 e. The third kappa shape index (κ3) is 3.33. The second kappa shape index (κ2) is 6.55. The molecule has 1 amide bonds. The third-order valence-electron chi connectivity index (χ3n) is 4.04. The molecule has 5 nitrogen and oxygen atoms in total. The Labute approximate surface area is 146 Å². The van der Waals surface area contributed by atoms with Gasteiger partial charge in [0.1, 0.15) is 5.82 Å². The summed E-state index contributed by atoms with van der Waals surface area (Å²) in [5, 5.41) is 5.58. The van der Waals surface area contributed by atoms with Gasteiger partial charge in [-0.3, -0.25) is 10.2 Å². The highest BCUT2D eigenvalue weighted by molar-refractivity contribution is 6.02. The van der Waals surface area contributed by atoms with Gasteiger partial charge < -0.3 is 4.84 Å². The zero-order chi connectivity index (χ0) is 18.0. The van der Waals surface area contributed by atoms with Gasteiger partial charge in [-0.15, -0.1) is 0 Å². The summed E-state index contributed by atoms with van der Waals surface area (Å²) in [6.45, 7) is 5.47. The van der Waals surface area contributed by atoms with Crippen LogP contribution in [0.3, 0.4) is 0 Å². The van der Waals surface area contributed by atoms with E-state index in [2.05, 4.69) is 10.6 Å². The lowest BCUT2D eigenvalue weighted by molar-refractivity contribution is -0.0824. The van der Waals surface area contributed by atoms with Crippen LogP contribution in [0.2, 0.25) is 0 Å². The van der Waals surface area contributed by atoms with E-state index in [1.54, 1.807) is 19.9 Å². The van der Waals surface area contributed by atoms with Crippen LogP contribution in [0, 0.1) is 5.82 Å². The van der Waals surface area contributed by atoms with Gasteiger partial charge >= 0.3 is 0 Å². The monoisotopic (exact) mass is 341 g/mol. The molecule has 25 heavy (non-hydrogen) atoms. The Morgan fingerprint density at radius 1 is 1.24 bits per heavy atom. The Balaban J connectivity index is 1.87. The molecule has 0 spiro atoms. The summed E-state index contributed by atoms with van der Waals surface area (Å²) in [4.78, 5) is 18.0. The molecular formula is C19H20FN3O2. The molecule has 1 heterocycles. The summed E-state index contributed by atoms with van der Waals surface area (Å²) >= 11 is 0. The Morgan fingerprint density at radius 3 is 2.60 bits per heavy atom. The molecule has 0 radical (unpaired) electrons. The van der Waals surface area contributed by atoms with Gasteiger partial charge in [0.15, 0.2) is 5.84 Å². The number of rotatable bonds is 4. The van der Waals surface area contributed by atoms with E-state index in [-0.39, 0.29) is 5.56 Å². The maximum atomic E-state index is 14.2. The standard InChI is InChI=1S/C19H20FN3O2/c1-4-13-10-11-15(16(20)12-13)18(24)21-23-17(22-25-19(23,2)3)14-8-6-5-7-9-14/h5-12H,4H2,1-3H3,(H,21,24). The quantitative estimate of drug-likeness (QED) is 0.926. The number of amides is 1. The topological polar surface area (TPSA) is 53.9 Å². The summed E-state index contributed by atoms with van der Waals surface area (Å²) < 4.78 is 14.2. The molecule has 2 aromatic carbocycles. The molecule has 0 unspecified atom stereocenters. The number of oxime groups is 1. The highest BCUT2D eigenvalue weighted by Crippen LogP contribution is 2.25. The average molecular weight is 341 g/mol. The number of hydrogen-bond donors (Lipinski definition) is 1. The Hall–Kier alpha value is -2.89. The predicted molar refractivity (Wildman–Crippen MR) is 93.2 cm³/mol. The molecular weight excluding hydrogens is 321 g/mol. The Kier molecular flexibility index (Phi) is 4.44. The van der Waals surface area contributed by atoms with Gasteiger partial charge in [-0.1, -0.05) is 48.5 Å². The van der Waals surface area contributed by atoms with Crippen molar-refractivity contribution in [1.29, 1.82) is 0 Å². The van der Waals surface area contributed by atoms with Crippen molar-refractivity contribution in [3.63, 3.8) is 0 Å². The zero-order valence-corrected chi connectivity index (χ0v) is 14.4. The van der Waals surface area contributed by atoms with Crippen molar-refractivity contribution in [2.24, 2.45) is 5.16 Å². The molecule has 0 aliphatic carbocycles. The number of carbonyl (C=O) groups is 1. The van der Waals surface area contributed by atoms with Crippen molar-refractivity contribution < 1.29 is 14.0 Å². The third-order valence-corrected chi connectivity index (χ3v) is 4.04. The molecule has 130 valence electrons. The van der Waals surface area contributed by atoms with Crippen LogP contribution in [-0.4, -0.2) is 22.5 Å². The van der Waals surface area contributed by atoms with Crippen LogP contribution < -0.4 is 5.43 Å². The van der Waals surface area contributed by atoms with Gasteiger partial charge in [-0.05, 0) is 38.0 Å². The van der Waals surface area contributed by atoms with Crippen LogP contribution in [0.4, 0.5) is 4.39 Å². The molecule has 0 aromatic heterocycles. The van der Waals surface area contributed by atoms with E-state index in [9.17, 15) is 9.18 Å². The summed E-state index contributed by atoms with van der Waals surface area (Å²) in [5.74, 6) is -0.639. The first kappa shape index (κ1) is 17.0. The lowest BCUT2D eigenvalue weighted by atomic mass is 10.1. The number of hydrogen-bond acceptors (Lipinski definition) is 4. The van der Waals surface area contributed by atoms with Crippen molar-refractivity contribution in [2.45, 2.75) is 32.9 Å². The van der Waals surface area contributed by atoms with Gasteiger partial charge in [0.25, 0.3) is 5.91 Å². The molecule has 3 rings (SSSR count). The van der Waals surface area contributed by atoms with Crippen molar-refractivity contribution in [2.75, 3.05) is 0 Å². The van der Waals surface area contributed by atoms with Gasteiger partial charge in [0.05, 0.1) is 5.56 Å². The SMILES string of the molecule is CCc1ccc(C(=O)NN2C(c3ccccc3)=NOC2(C)C)c(F)c1. The molecule has 1 aliphatic heterocycles. The fourth-order valence-corrected chi connectivity index (χ4v) is 2.57. The number of carbonyl (C=O) groups excluding carboxylic acids is 1. The normalized spacial score (nSPS) is 15.5. The first-order chi connectivity index (χ1) is 11.9. The highest BCUT2D eigenvalue weighted by Gasteiger charge is 2.40. The molecule has 0 saturated carbocycles. The van der Waals surface area contributed by atoms with E-state index in [4.69, 9.17) is 4.84 Å². The van der Waals surface area contributed by atoms with Crippen LogP contribution in [0.5, 0.6) is 0 Å². The number of amidine groups is 1. The minimum atomic E-state index is -0.888. The maximum absolute atomic E-state index is 14.2. The van der Waals surface area contributed by atoms with E-state index in [1.165, 1.54) is 17.1 Å². The largest absolute Gasteiger partial charge is 0.364 e. The summed E-state index contributed by atoms with van der Waals surface area (Å²) in [6, 6.07) is 14.0.